The third-order valence-electron chi connectivity index (χ3n) is 3.02. The van der Waals surface area contributed by atoms with E-state index in [0.717, 1.165) is 5.56 Å². The maximum Gasteiger partial charge on any atom is 0.331 e. The van der Waals surface area contributed by atoms with Gasteiger partial charge >= 0.3 is 5.97 Å². The first-order chi connectivity index (χ1) is 11.5. The number of pyridine rings is 1. The Balaban J connectivity index is 2.01. The molecule has 0 aliphatic heterocycles. The lowest BCUT2D eigenvalue weighted by atomic mass is 10.2. The highest BCUT2D eigenvalue weighted by molar-refractivity contribution is 6.32. The molecule has 0 aliphatic rings. The molecule has 0 N–H and O–H groups in total. The number of carbonyl (C=O) groups excluding carboxylic acids is 1. The van der Waals surface area contributed by atoms with Crippen LogP contribution in [0.3, 0.4) is 0 Å². The second-order valence-electron chi connectivity index (χ2n) is 4.65. The quantitative estimate of drug-likeness (QED) is 0.435. The molecular formula is C17H15Cl2NO4. The lowest BCUT2D eigenvalue weighted by molar-refractivity contribution is -0.139. The van der Waals surface area contributed by atoms with E-state index in [-0.39, 0.29) is 11.8 Å². The van der Waals surface area contributed by atoms with E-state index in [9.17, 15) is 4.79 Å². The highest BCUT2D eigenvalue weighted by Crippen LogP contribution is 2.23. The van der Waals surface area contributed by atoms with Crippen LogP contribution in [0.15, 0.2) is 36.4 Å². The second kappa shape index (κ2) is 8.57. The van der Waals surface area contributed by atoms with Crippen LogP contribution in [0.25, 0.3) is 6.08 Å². The van der Waals surface area contributed by atoms with Crippen molar-refractivity contribution >= 4 is 35.2 Å². The second-order valence-corrected chi connectivity index (χ2v) is 5.44. The van der Waals surface area contributed by atoms with Gasteiger partial charge in [-0.05, 0) is 35.9 Å². The maximum absolute atomic E-state index is 11.8. The first-order valence-electron chi connectivity index (χ1n) is 6.90. The van der Waals surface area contributed by atoms with Gasteiger partial charge < -0.3 is 14.2 Å². The van der Waals surface area contributed by atoms with Crippen molar-refractivity contribution < 1.29 is 19.0 Å². The van der Waals surface area contributed by atoms with Crippen LogP contribution in [0.4, 0.5) is 0 Å². The van der Waals surface area contributed by atoms with Gasteiger partial charge in [0.25, 0.3) is 0 Å². The summed E-state index contributed by atoms with van der Waals surface area (Å²) in [6, 6.07) is 8.43. The predicted molar refractivity (Wildman–Crippen MR) is 92.6 cm³/mol. The molecule has 0 unspecified atom stereocenters. The van der Waals surface area contributed by atoms with Gasteiger partial charge in [0.15, 0.2) is 0 Å². The van der Waals surface area contributed by atoms with Gasteiger partial charge in [-0.1, -0.05) is 23.2 Å². The third kappa shape index (κ3) is 5.15. The van der Waals surface area contributed by atoms with Crippen LogP contribution in [0, 0.1) is 0 Å². The summed E-state index contributed by atoms with van der Waals surface area (Å²) in [6.45, 7) is -0.0655. The number of hydrogen-bond donors (Lipinski definition) is 0. The minimum Gasteiger partial charge on any atom is -0.497 e. The minimum absolute atomic E-state index is 0.0655. The molecule has 2 aromatic rings. The summed E-state index contributed by atoms with van der Waals surface area (Å²) in [7, 11) is 3.11. The van der Waals surface area contributed by atoms with Crippen molar-refractivity contribution in [1.82, 2.24) is 4.98 Å². The number of methoxy groups -OCH3 is 2. The fourth-order valence-electron chi connectivity index (χ4n) is 1.84. The van der Waals surface area contributed by atoms with Crippen LogP contribution in [-0.2, 0) is 16.1 Å². The normalized spacial score (nSPS) is 10.7. The van der Waals surface area contributed by atoms with E-state index in [4.69, 9.17) is 37.4 Å². The van der Waals surface area contributed by atoms with E-state index in [1.54, 1.807) is 50.6 Å². The molecule has 1 aromatic heterocycles. The topological polar surface area (TPSA) is 57.7 Å². The number of benzene rings is 1. The first kappa shape index (κ1) is 18.1. The zero-order chi connectivity index (χ0) is 17.5. The summed E-state index contributed by atoms with van der Waals surface area (Å²) >= 11 is 11.7. The SMILES string of the molecule is COc1cc(C=CC(=O)OCc2nc(Cl)ccc2Cl)cc(OC)c1. The predicted octanol–water partition coefficient (Wildman–Crippen LogP) is 4.16. The lowest BCUT2D eigenvalue weighted by Crippen LogP contribution is -2.03. The summed E-state index contributed by atoms with van der Waals surface area (Å²) in [4.78, 5) is 15.8. The van der Waals surface area contributed by atoms with Crippen LogP contribution < -0.4 is 9.47 Å². The highest BCUT2D eigenvalue weighted by Gasteiger charge is 2.06. The number of ether oxygens (including phenoxy) is 3. The summed E-state index contributed by atoms with van der Waals surface area (Å²) in [6.07, 6.45) is 2.90. The van der Waals surface area contributed by atoms with E-state index in [1.165, 1.54) is 6.08 Å². The standard InChI is InChI=1S/C17H15Cl2NO4/c1-22-12-7-11(8-13(9-12)23-2)3-6-17(21)24-10-15-14(18)4-5-16(19)20-15/h3-9H,10H2,1-2H3. The highest BCUT2D eigenvalue weighted by atomic mass is 35.5. The van der Waals surface area contributed by atoms with Gasteiger partial charge in [-0.2, -0.15) is 0 Å². The Labute approximate surface area is 149 Å². The van der Waals surface area contributed by atoms with Gasteiger partial charge in [0.1, 0.15) is 23.3 Å². The Hall–Kier alpha value is -2.24. The fourth-order valence-corrected chi connectivity index (χ4v) is 2.16. The number of carbonyl (C=O) groups is 1. The molecule has 0 atom stereocenters. The maximum atomic E-state index is 11.8. The van der Waals surface area contributed by atoms with Gasteiger partial charge in [0, 0.05) is 12.1 Å². The van der Waals surface area contributed by atoms with Gasteiger partial charge in [0.05, 0.1) is 24.9 Å². The molecule has 0 aliphatic carbocycles. The van der Waals surface area contributed by atoms with E-state index >= 15 is 0 Å². The molecule has 5 nitrogen and oxygen atoms in total. The average molecular weight is 368 g/mol. The zero-order valence-corrected chi connectivity index (χ0v) is 14.6. The number of rotatable bonds is 6. The third-order valence-corrected chi connectivity index (χ3v) is 3.58. The molecule has 0 saturated heterocycles. The Morgan fingerprint density at radius 1 is 1.12 bits per heavy atom. The van der Waals surface area contributed by atoms with E-state index in [2.05, 4.69) is 4.98 Å². The molecule has 0 fully saturated rings. The van der Waals surface area contributed by atoms with E-state index < -0.39 is 5.97 Å². The van der Waals surface area contributed by atoms with Crippen molar-refractivity contribution in [3.05, 3.63) is 57.8 Å². The molecule has 1 aromatic carbocycles. The first-order valence-corrected chi connectivity index (χ1v) is 7.66. The van der Waals surface area contributed by atoms with Gasteiger partial charge in [0.2, 0.25) is 0 Å². The van der Waals surface area contributed by atoms with E-state index in [1.807, 2.05) is 0 Å². The molecular weight excluding hydrogens is 353 g/mol. The smallest absolute Gasteiger partial charge is 0.331 e. The molecule has 1 heterocycles. The van der Waals surface area contributed by atoms with Crippen LogP contribution in [0.2, 0.25) is 10.2 Å². The van der Waals surface area contributed by atoms with Crippen molar-refractivity contribution in [2.24, 2.45) is 0 Å². The molecule has 7 heteroatoms. The molecule has 24 heavy (non-hydrogen) atoms. The Bertz CT molecular complexity index is 740. The number of nitrogens with zero attached hydrogens (tertiary/aromatic N) is 1. The van der Waals surface area contributed by atoms with Crippen molar-refractivity contribution in [1.29, 1.82) is 0 Å². The van der Waals surface area contributed by atoms with Crippen LogP contribution in [0.1, 0.15) is 11.3 Å². The molecule has 126 valence electrons. The van der Waals surface area contributed by atoms with E-state index in [0.29, 0.717) is 22.2 Å². The Kier molecular flexibility index (Phi) is 6.46. The number of aromatic nitrogens is 1. The molecule has 0 spiro atoms. The van der Waals surface area contributed by atoms with Crippen molar-refractivity contribution in [3.8, 4) is 11.5 Å². The molecule has 2 rings (SSSR count). The van der Waals surface area contributed by atoms with Crippen LogP contribution in [0.5, 0.6) is 11.5 Å². The largest absolute Gasteiger partial charge is 0.497 e. The summed E-state index contributed by atoms with van der Waals surface area (Å²) in [5.74, 6) is 0.712. The fraction of sp³-hybridized carbons (Fsp3) is 0.176. The Morgan fingerprint density at radius 3 is 2.42 bits per heavy atom. The zero-order valence-electron chi connectivity index (χ0n) is 13.1. The number of halogens is 2. The van der Waals surface area contributed by atoms with Crippen molar-refractivity contribution in [3.63, 3.8) is 0 Å². The molecule has 0 radical (unpaired) electrons. The lowest BCUT2D eigenvalue weighted by Gasteiger charge is -2.06. The minimum atomic E-state index is -0.533. The summed E-state index contributed by atoms with van der Waals surface area (Å²) in [5.41, 5.74) is 1.14. The molecule has 0 amide bonds. The van der Waals surface area contributed by atoms with Crippen LogP contribution in [-0.4, -0.2) is 25.2 Å². The number of esters is 1. The molecule has 0 saturated carbocycles. The van der Waals surface area contributed by atoms with Crippen LogP contribution >= 0.6 is 23.2 Å². The number of hydrogen-bond acceptors (Lipinski definition) is 5. The summed E-state index contributed by atoms with van der Waals surface area (Å²) in [5, 5.41) is 0.665. The van der Waals surface area contributed by atoms with Gasteiger partial charge in [-0.3, -0.25) is 0 Å². The van der Waals surface area contributed by atoms with Gasteiger partial charge in [-0.15, -0.1) is 0 Å². The van der Waals surface area contributed by atoms with Crippen molar-refractivity contribution in [2.75, 3.05) is 14.2 Å². The van der Waals surface area contributed by atoms with Gasteiger partial charge in [-0.25, -0.2) is 9.78 Å². The average Bonchev–Trinajstić information content (AvgIpc) is 2.60. The van der Waals surface area contributed by atoms with Crippen molar-refractivity contribution in [2.45, 2.75) is 6.61 Å². The summed E-state index contributed by atoms with van der Waals surface area (Å²) < 4.78 is 15.4. The molecule has 0 bridgehead atoms. The monoisotopic (exact) mass is 367 g/mol. The Morgan fingerprint density at radius 2 is 1.79 bits per heavy atom.